The molecule has 0 spiro atoms. The molecule has 2 unspecified atom stereocenters. The second-order valence-corrected chi connectivity index (χ2v) is 23.9. The van der Waals surface area contributed by atoms with Gasteiger partial charge in [0.1, 0.15) is 0 Å². The molecule has 2 atom stereocenters. The summed E-state index contributed by atoms with van der Waals surface area (Å²) in [6, 6.07) is 8.84. The van der Waals surface area contributed by atoms with E-state index in [2.05, 4.69) is 53.1 Å². The van der Waals surface area contributed by atoms with Crippen molar-refractivity contribution in [2.75, 3.05) is 0 Å². The fourth-order valence-electron chi connectivity index (χ4n) is 2.47. The number of benzene rings is 1. The second kappa shape index (κ2) is 7.66. The molecule has 0 heterocycles. The minimum atomic E-state index is -1.92. The summed E-state index contributed by atoms with van der Waals surface area (Å²) < 4.78 is 5.75. The van der Waals surface area contributed by atoms with Crippen molar-refractivity contribution in [3.05, 3.63) is 41.0 Å². The Morgan fingerprint density at radius 3 is 2.12 bits per heavy atom. The first-order valence-corrected chi connectivity index (χ1v) is 16.2. The van der Waals surface area contributed by atoms with Crippen LogP contribution in [0.25, 0.3) is 6.08 Å². The van der Waals surface area contributed by atoms with E-state index in [1.807, 2.05) is 0 Å². The standard InChI is InChI=1S/C10H9.2CH3.3ClH.H2P.Zr/c1-8-6-9-4-2-3-5-10(9)7-8;;;;;;;/h2-7H,1H3;2*1H3;3*1H;1H2;/q;;;;;;-1;+1. The molecule has 1 aliphatic rings. The summed E-state index contributed by atoms with van der Waals surface area (Å²) >= 11 is -1.92. The van der Waals surface area contributed by atoms with E-state index in [4.69, 9.17) is 0 Å². The molecule has 17 heavy (non-hydrogen) atoms. The molecule has 98 valence electrons. The van der Waals surface area contributed by atoms with Crippen LogP contribution in [-0.4, -0.2) is 0 Å². The Bertz CT molecular complexity index is 399. The minimum Gasteiger partial charge on any atom is -0.147 e. The molecule has 1 aliphatic carbocycles. The maximum absolute atomic E-state index is 3.17. The maximum Gasteiger partial charge on any atom is -0.147 e. The molecule has 0 bridgehead atoms. The van der Waals surface area contributed by atoms with Crippen LogP contribution in [0.5, 0.6) is 0 Å². The van der Waals surface area contributed by atoms with Crippen molar-refractivity contribution in [1.29, 1.82) is 0 Å². The van der Waals surface area contributed by atoms with Crippen molar-refractivity contribution >= 4 is 49.8 Å². The molecule has 0 N–H and O–H groups in total. The average Bonchev–Trinajstić information content (AvgIpc) is 2.38. The Morgan fingerprint density at radius 1 is 1.06 bits per heavy atom. The molecule has 0 aromatic heterocycles. The fourth-order valence-corrected chi connectivity index (χ4v) is 10.8. The number of hydrogen-bond acceptors (Lipinski definition) is 0. The number of rotatable bonds is 1. The number of halogens is 3. The van der Waals surface area contributed by atoms with Gasteiger partial charge in [-0.1, -0.05) is 0 Å². The first kappa shape index (κ1) is 20.5. The van der Waals surface area contributed by atoms with Crippen molar-refractivity contribution in [2.45, 2.75) is 19.8 Å². The first-order chi connectivity index (χ1) is 6.50. The summed E-state index contributed by atoms with van der Waals surface area (Å²) in [5.41, 5.74) is 4.59. The van der Waals surface area contributed by atoms with Crippen LogP contribution in [0, 0.1) is 0 Å². The van der Waals surface area contributed by atoms with Gasteiger partial charge in [-0.15, -0.1) is 37.2 Å². The van der Waals surface area contributed by atoms with Crippen molar-refractivity contribution < 1.29 is 19.7 Å². The van der Waals surface area contributed by atoms with Gasteiger partial charge < -0.3 is 0 Å². The molecular formula is C12H20Cl3PZr. The van der Waals surface area contributed by atoms with Gasteiger partial charge in [0.05, 0.1) is 0 Å². The van der Waals surface area contributed by atoms with E-state index in [0.29, 0.717) is 0 Å². The summed E-state index contributed by atoms with van der Waals surface area (Å²) in [5.74, 6) is 0. The molecular weight excluding hydrogens is 373 g/mol. The molecule has 0 aliphatic heterocycles. The van der Waals surface area contributed by atoms with Gasteiger partial charge in [-0.05, 0) is 0 Å². The Balaban J connectivity index is 0. The van der Waals surface area contributed by atoms with Gasteiger partial charge in [0.15, 0.2) is 0 Å². The molecule has 5 heteroatoms. The van der Waals surface area contributed by atoms with Crippen LogP contribution in [0.3, 0.4) is 0 Å². The zero-order valence-corrected chi connectivity index (χ0v) is 16.3. The maximum atomic E-state index is 3.17. The molecule has 0 amide bonds. The van der Waals surface area contributed by atoms with E-state index >= 15 is 0 Å². The predicted octanol–water partition coefficient (Wildman–Crippen LogP) is 5.45. The van der Waals surface area contributed by atoms with Crippen molar-refractivity contribution in [3.63, 3.8) is 0 Å². The number of fused-ring (bicyclic) bond motifs is 1. The minimum absolute atomic E-state index is 0. The Hall–Kier alpha value is 1.14. The summed E-state index contributed by atoms with van der Waals surface area (Å²) in [6.45, 7) is 5.46. The largest absolute Gasteiger partial charge is 0.147 e. The monoisotopic (exact) mass is 390 g/mol. The van der Waals surface area contributed by atoms with E-state index in [-0.39, 0.29) is 37.2 Å². The number of hydrogen-bond donors (Lipinski definition) is 0. The van der Waals surface area contributed by atoms with Gasteiger partial charge in [0.2, 0.25) is 0 Å². The third-order valence-corrected chi connectivity index (χ3v) is 10.4. The van der Waals surface area contributed by atoms with Crippen molar-refractivity contribution in [2.24, 2.45) is 0 Å². The average molecular weight is 393 g/mol. The molecule has 1 aromatic carbocycles. The van der Waals surface area contributed by atoms with E-state index in [9.17, 15) is 0 Å². The zero-order chi connectivity index (χ0) is 10.3. The topological polar surface area (TPSA) is 0 Å². The van der Waals surface area contributed by atoms with Gasteiger partial charge in [-0.2, -0.15) is 0 Å². The Labute approximate surface area is 129 Å². The molecule has 1 aromatic rings. The normalized spacial score (nSPS) is 16.9. The molecule has 0 fully saturated rings. The van der Waals surface area contributed by atoms with E-state index < -0.39 is 19.7 Å². The predicted molar refractivity (Wildman–Crippen MR) is 86.0 cm³/mol. The second-order valence-electron chi connectivity index (χ2n) is 4.77. The van der Waals surface area contributed by atoms with Crippen LogP contribution in [-0.2, 0) is 19.7 Å². The molecule has 0 saturated heterocycles. The molecule has 0 radical (unpaired) electrons. The molecule has 0 nitrogen and oxygen atoms in total. The smallest absolute Gasteiger partial charge is 0.147 e. The summed E-state index contributed by atoms with van der Waals surface area (Å²) in [4.78, 5) is 0. The van der Waals surface area contributed by atoms with Gasteiger partial charge in [-0.3, -0.25) is 0 Å². The molecule has 0 saturated carbocycles. The summed E-state index contributed by atoms with van der Waals surface area (Å²) in [5, 5.41) is 0. The van der Waals surface area contributed by atoms with E-state index in [1.165, 1.54) is 5.56 Å². The fraction of sp³-hybridized carbons (Fsp3) is 0.333. The Morgan fingerprint density at radius 2 is 1.59 bits per heavy atom. The first-order valence-electron chi connectivity index (χ1n) is 5.06. The van der Waals surface area contributed by atoms with Crippen LogP contribution in [0.1, 0.15) is 21.7 Å². The summed E-state index contributed by atoms with van der Waals surface area (Å²) in [6.07, 6.45) is 2.36. The Kier molecular flexibility index (Phi) is 9.22. The van der Waals surface area contributed by atoms with Crippen LogP contribution < -0.4 is 0 Å². The third kappa shape index (κ3) is 4.33. The van der Waals surface area contributed by atoms with E-state index in [1.54, 1.807) is 11.1 Å². The SMILES string of the molecule is CC1=Cc2ccccc2[CH]1[Zr]([CH3])([CH3])[PH2].Cl.Cl.Cl. The van der Waals surface area contributed by atoms with Gasteiger partial charge >= 0.3 is 93.1 Å². The van der Waals surface area contributed by atoms with Crippen LogP contribution in [0.2, 0.25) is 9.26 Å². The molecule has 2 rings (SSSR count). The van der Waals surface area contributed by atoms with Crippen molar-refractivity contribution in [3.8, 4) is 0 Å². The summed E-state index contributed by atoms with van der Waals surface area (Å²) in [7, 11) is 0. The zero-order valence-electron chi connectivity index (χ0n) is 10.3. The van der Waals surface area contributed by atoms with E-state index in [0.717, 1.165) is 3.63 Å². The van der Waals surface area contributed by atoms with Crippen LogP contribution in [0.4, 0.5) is 0 Å². The van der Waals surface area contributed by atoms with Gasteiger partial charge in [-0.25, -0.2) is 0 Å². The van der Waals surface area contributed by atoms with Gasteiger partial charge in [0.25, 0.3) is 0 Å². The van der Waals surface area contributed by atoms with Crippen LogP contribution >= 0.6 is 43.8 Å². The van der Waals surface area contributed by atoms with Crippen molar-refractivity contribution in [1.82, 2.24) is 0 Å². The number of allylic oxidation sites excluding steroid dienone is 1. The third-order valence-electron chi connectivity index (χ3n) is 2.89. The van der Waals surface area contributed by atoms with Crippen LogP contribution in [0.15, 0.2) is 29.8 Å². The quantitative estimate of drug-likeness (QED) is 0.557. The van der Waals surface area contributed by atoms with Gasteiger partial charge in [0, 0.05) is 0 Å².